The number of nitro groups is 1. The van der Waals surface area contributed by atoms with Crippen LogP contribution in [0.4, 0.5) is 5.69 Å². The first-order valence-electron chi connectivity index (χ1n) is 4.27. The van der Waals surface area contributed by atoms with Crippen LogP contribution in [0.15, 0.2) is 44.7 Å². The Labute approximate surface area is 95.1 Å². The molecule has 0 atom stereocenters. The van der Waals surface area contributed by atoms with Crippen LogP contribution in [0.3, 0.4) is 0 Å². The number of hydrogen-bond acceptors (Lipinski definition) is 5. The minimum absolute atomic E-state index is 0.0230. The molecular formula is C8H5N5O2S. The van der Waals surface area contributed by atoms with E-state index in [1.165, 1.54) is 6.07 Å². The summed E-state index contributed by atoms with van der Waals surface area (Å²) in [5, 5.41) is 25.4. The van der Waals surface area contributed by atoms with E-state index in [1.807, 2.05) is 0 Å². The van der Waals surface area contributed by atoms with Gasteiger partial charge < -0.3 is 0 Å². The van der Waals surface area contributed by atoms with E-state index >= 15 is 0 Å². The summed E-state index contributed by atoms with van der Waals surface area (Å²) in [5.41, 5.74) is 0.292. The molecule has 1 aromatic rings. The zero-order valence-corrected chi connectivity index (χ0v) is 8.66. The maximum atomic E-state index is 10.8. The third kappa shape index (κ3) is 1.96. The molecule has 0 aromatic heterocycles. The van der Waals surface area contributed by atoms with Gasteiger partial charge in [0.05, 0.1) is 10.5 Å². The lowest BCUT2D eigenvalue weighted by Crippen LogP contribution is -2.01. The van der Waals surface area contributed by atoms with Gasteiger partial charge in [-0.15, -0.1) is 10.2 Å². The molecule has 0 fully saturated rings. The van der Waals surface area contributed by atoms with E-state index in [4.69, 9.17) is 0 Å². The largest absolute Gasteiger partial charge is 0.276 e. The first-order chi connectivity index (χ1) is 7.68. The summed E-state index contributed by atoms with van der Waals surface area (Å²) in [6, 6.07) is 6.19. The molecule has 0 bridgehead atoms. The number of benzene rings is 1. The maximum absolute atomic E-state index is 10.8. The number of rotatable bonds is 2. The number of nitrogens with zero attached hydrogens (tertiary/aromatic N) is 5. The van der Waals surface area contributed by atoms with Crippen LogP contribution in [0.25, 0.3) is 0 Å². The van der Waals surface area contributed by atoms with E-state index in [-0.39, 0.29) is 10.8 Å². The molecule has 1 aliphatic rings. The summed E-state index contributed by atoms with van der Waals surface area (Å²) in [7, 11) is 0. The second-order valence-corrected chi connectivity index (χ2v) is 3.27. The molecule has 0 spiro atoms. The van der Waals surface area contributed by atoms with E-state index in [9.17, 15) is 10.1 Å². The molecule has 0 N–H and O–H groups in total. The van der Waals surface area contributed by atoms with E-state index in [0.717, 1.165) is 0 Å². The second kappa shape index (κ2) is 4.19. The second-order valence-electron chi connectivity index (χ2n) is 2.90. The molecule has 1 heterocycles. The molecule has 1 aliphatic heterocycles. The van der Waals surface area contributed by atoms with Crippen molar-refractivity contribution in [2.45, 2.75) is 6.17 Å². The summed E-state index contributed by atoms with van der Waals surface area (Å²) in [6.07, 6.45) is -0.784. The van der Waals surface area contributed by atoms with Crippen LogP contribution in [-0.2, 0) is 0 Å². The normalized spacial score (nSPS) is 15.4. The molecule has 0 saturated carbocycles. The summed E-state index contributed by atoms with van der Waals surface area (Å²) in [6.45, 7) is 0. The summed E-state index contributed by atoms with van der Waals surface area (Å²) < 4.78 is 0. The van der Waals surface area contributed by atoms with Gasteiger partial charge >= 0.3 is 0 Å². The lowest BCUT2D eigenvalue weighted by Gasteiger charge is -2.07. The van der Waals surface area contributed by atoms with E-state index < -0.39 is 11.1 Å². The van der Waals surface area contributed by atoms with Gasteiger partial charge in [0.25, 0.3) is 10.8 Å². The molecule has 16 heavy (non-hydrogen) atoms. The minimum atomic E-state index is -0.784. The van der Waals surface area contributed by atoms with E-state index in [2.05, 4.69) is 32.7 Å². The third-order valence-corrected chi connectivity index (χ3v) is 2.08. The third-order valence-electron chi connectivity index (χ3n) is 1.92. The van der Waals surface area contributed by atoms with Crippen molar-refractivity contribution in [3.05, 3.63) is 39.9 Å². The fourth-order valence-electron chi connectivity index (χ4n) is 1.25. The van der Waals surface area contributed by atoms with Crippen LogP contribution in [-0.4, -0.2) is 10.0 Å². The quantitative estimate of drug-likeness (QED) is 0.448. The molecule has 0 saturated heterocycles. The zero-order valence-electron chi connectivity index (χ0n) is 7.85. The highest BCUT2D eigenvalue weighted by Crippen LogP contribution is 2.30. The Bertz CT molecular complexity index is 497. The van der Waals surface area contributed by atoms with Gasteiger partial charge in [-0.1, -0.05) is 12.1 Å². The van der Waals surface area contributed by atoms with Crippen molar-refractivity contribution in [2.24, 2.45) is 20.5 Å². The van der Waals surface area contributed by atoms with Crippen LogP contribution in [0, 0.1) is 10.1 Å². The first-order valence-corrected chi connectivity index (χ1v) is 4.68. The van der Waals surface area contributed by atoms with E-state index in [1.54, 1.807) is 18.2 Å². The van der Waals surface area contributed by atoms with Gasteiger partial charge in [-0.05, 0) is 18.3 Å². The number of para-hydroxylation sites is 1. The molecule has 0 unspecified atom stereocenters. The molecule has 80 valence electrons. The highest BCUT2D eigenvalue weighted by Gasteiger charge is 2.22. The summed E-state index contributed by atoms with van der Waals surface area (Å²) in [5.74, 6) is 0. The SMILES string of the molecule is O=[N+]([O-])c1ccccc1C1N=NC(=S)N=N1. The molecule has 0 aliphatic carbocycles. The van der Waals surface area contributed by atoms with Crippen LogP contribution < -0.4 is 0 Å². The Morgan fingerprint density at radius 1 is 1.25 bits per heavy atom. The molecule has 0 radical (unpaired) electrons. The van der Waals surface area contributed by atoms with Crippen LogP contribution >= 0.6 is 12.2 Å². The predicted octanol–water partition coefficient (Wildman–Crippen LogP) is 2.80. The minimum Gasteiger partial charge on any atom is -0.258 e. The van der Waals surface area contributed by atoms with Gasteiger partial charge in [0.1, 0.15) is 0 Å². The number of nitro benzene ring substituents is 1. The first kappa shape index (κ1) is 10.4. The molecule has 2 rings (SSSR count). The van der Waals surface area contributed by atoms with Crippen LogP contribution in [0.2, 0.25) is 0 Å². The molecule has 7 nitrogen and oxygen atoms in total. The molecule has 0 amide bonds. The Kier molecular flexibility index (Phi) is 2.73. The zero-order chi connectivity index (χ0) is 11.5. The van der Waals surface area contributed by atoms with Crippen molar-refractivity contribution in [3.8, 4) is 0 Å². The summed E-state index contributed by atoms with van der Waals surface area (Å²) in [4.78, 5) is 10.3. The highest BCUT2D eigenvalue weighted by molar-refractivity contribution is 7.80. The van der Waals surface area contributed by atoms with Gasteiger partial charge in [-0.25, -0.2) is 0 Å². The number of hydrogen-bond donors (Lipinski definition) is 0. The molecular weight excluding hydrogens is 230 g/mol. The van der Waals surface area contributed by atoms with Crippen molar-refractivity contribution in [3.63, 3.8) is 0 Å². The maximum Gasteiger partial charge on any atom is 0.276 e. The Hall–Kier alpha value is -2.09. The van der Waals surface area contributed by atoms with Crippen molar-refractivity contribution in [1.29, 1.82) is 0 Å². The fraction of sp³-hybridized carbons (Fsp3) is 0.125. The average Bonchev–Trinajstić information content (AvgIpc) is 2.30. The topological polar surface area (TPSA) is 92.6 Å². The van der Waals surface area contributed by atoms with Gasteiger partial charge in [0.2, 0.25) is 6.17 Å². The van der Waals surface area contributed by atoms with Crippen LogP contribution in [0.5, 0.6) is 0 Å². The van der Waals surface area contributed by atoms with Crippen molar-refractivity contribution >= 4 is 23.0 Å². The van der Waals surface area contributed by atoms with Crippen molar-refractivity contribution in [1.82, 2.24) is 0 Å². The molecule has 1 aromatic carbocycles. The smallest absolute Gasteiger partial charge is 0.258 e. The average molecular weight is 235 g/mol. The number of thiocarbonyl (C=S) groups is 1. The van der Waals surface area contributed by atoms with Gasteiger partial charge in [0.15, 0.2) is 0 Å². The monoisotopic (exact) mass is 235 g/mol. The lowest BCUT2D eigenvalue weighted by atomic mass is 10.1. The predicted molar refractivity (Wildman–Crippen MR) is 58.1 cm³/mol. The molecule has 8 heteroatoms. The number of azo groups is 2. The standard InChI is InChI=1S/C8H5N5O2S/c14-13(15)6-4-2-1-3-5(6)7-9-11-8(16)12-10-7/h1-4,7H. The van der Waals surface area contributed by atoms with E-state index in [0.29, 0.717) is 5.56 Å². The Balaban J connectivity index is 2.41. The van der Waals surface area contributed by atoms with Gasteiger partial charge in [0, 0.05) is 6.07 Å². The lowest BCUT2D eigenvalue weighted by molar-refractivity contribution is -0.385. The van der Waals surface area contributed by atoms with Gasteiger partial charge in [-0.2, -0.15) is 10.2 Å². The summed E-state index contributed by atoms with van der Waals surface area (Å²) >= 11 is 4.64. The van der Waals surface area contributed by atoms with Gasteiger partial charge in [-0.3, -0.25) is 10.1 Å². The Morgan fingerprint density at radius 3 is 2.50 bits per heavy atom. The Morgan fingerprint density at radius 2 is 1.88 bits per heavy atom. The van der Waals surface area contributed by atoms with Crippen molar-refractivity contribution in [2.75, 3.05) is 0 Å². The fourth-order valence-corrected chi connectivity index (χ4v) is 1.34. The van der Waals surface area contributed by atoms with Crippen molar-refractivity contribution < 1.29 is 4.92 Å². The highest BCUT2D eigenvalue weighted by atomic mass is 32.1. The van der Waals surface area contributed by atoms with Crippen LogP contribution in [0.1, 0.15) is 11.7 Å².